The van der Waals surface area contributed by atoms with Crippen molar-refractivity contribution < 1.29 is 13.9 Å². The van der Waals surface area contributed by atoms with Crippen LogP contribution in [-0.4, -0.2) is 26.6 Å². The summed E-state index contributed by atoms with van der Waals surface area (Å²) in [7, 11) is 0. The lowest BCUT2D eigenvalue weighted by Gasteiger charge is -2.12. The molecule has 22 heavy (non-hydrogen) atoms. The van der Waals surface area contributed by atoms with Crippen LogP contribution >= 0.6 is 0 Å². The Morgan fingerprint density at radius 3 is 2.50 bits per heavy atom. The fraction of sp³-hybridized carbons (Fsp3) is 0.133. The number of fused-ring (bicyclic) bond motifs is 1. The van der Waals surface area contributed by atoms with E-state index < -0.39 is 17.7 Å². The molecule has 7 heteroatoms. The summed E-state index contributed by atoms with van der Waals surface area (Å²) in [6.45, 7) is 0.202. The lowest BCUT2D eigenvalue weighted by Crippen LogP contribution is -2.13. The minimum absolute atomic E-state index is 0.202. The highest BCUT2D eigenvalue weighted by molar-refractivity contribution is 5.75. The summed E-state index contributed by atoms with van der Waals surface area (Å²) in [5.74, 6) is -1.57. The van der Waals surface area contributed by atoms with Crippen LogP contribution in [-0.2, 0) is 0 Å². The molecule has 3 rings (SSSR count). The van der Waals surface area contributed by atoms with E-state index in [0.717, 1.165) is 12.1 Å². The molecule has 3 aromatic rings. The minimum atomic E-state index is -0.976. The number of nitrogens with zero attached hydrogens (tertiary/aromatic N) is 3. The summed E-state index contributed by atoms with van der Waals surface area (Å²) in [6, 6.07) is 5.39. The van der Waals surface area contributed by atoms with E-state index in [1.54, 1.807) is 24.5 Å². The van der Waals surface area contributed by atoms with Crippen LogP contribution in [0.1, 0.15) is 11.7 Å². The van der Waals surface area contributed by atoms with Gasteiger partial charge in [-0.1, -0.05) is 0 Å². The van der Waals surface area contributed by atoms with E-state index in [-0.39, 0.29) is 17.6 Å². The maximum atomic E-state index is 13.2. The van der Waals surface area contributed by atoms with Crippen LogP contribution in [0.3, 0.4) is 0 Å². The SMILES string of the molecule is OC(CNc1cnc2cc(F)c(F)cc2n1)c1ccncc1. The monoisotopic (exact) mass is 302 g/mol. The summed E-state index contributed by atoms with van der Waals surface area (Å²) in [5.41, 5.74) is 1.21. The molecule has 1 atom stereocenters. The average Bonchev–Trinajstić information content (AvgIpc) is 2.54. The van der Waals surface area contributed by atoms with Crippen molar-refractivity contribution in [3.05, 3.63) is 60.1 Å². The van der Waals surface area contributed by atoms with Gasteiger partial charge in [-0.05, 0) is 17.7 Å². The molecule has 5 nitrogen and oxygen atoms in total. The summed E-state index contributed by atoms with van der Waals surface area (Å²) in [5, 5.41) is 12.9. The average molecular weight is 302 g/mol. The van der Waals surface area contributed by atoms with Crippen molar-refractivity contribution >= 4 is 16.9 Å². The summed E-state index contributed by atoms with van der Waals surface area (Å²) >= 11 is 0. The summed E-state index contributed by atoms with van der Waals surface area (Å²) in [4.78, 5) is 12.0. The molecule has 2 aromatic heterocycles. The lowest BCUT2D eigenvalue weighted by atomic mass is 10.1. The van der Waals surface area contributed by atoms with Crippen molar-refractivity contribution in [2.24, 2.45) is 0 Å². The van der Waals surface area contributed by atoms with Gasteiger partial charge in [-0.25, -0.2) is 13.8 Å². The van der Waals surface area contributed by atoms with Gasteiger partial charge in [-0.2, -0.15) is 0 Å². The molecule has 0 amide bonds. The van der Waals surface area contributed by atoms with Gasteiger partial charge in [0.1, 0.15) is 5.82 Å². The maximum Gasteiger partial charge on any atom is 0.161 e. The second kappa shape index (κ2) is 5.98. The fourth-order valence-corrected chi connectivity index (χ4v) is 2.00. The third-order valence-electron chi connectivity index (χ3n) is 3.15. The molecular weight excluding hydrogens is 290 g/mol. The Kier molecular flexibility index (Phi) is 3.88. The number of aliphatic hydroxyl groups excluding tert-OH is 1. The smallest absolute Gasteiger partial charge is 0.161 e. The number of aromatic nitrogens is 3. The van der Waals surface area contributed by atoms with Gasteiger partial charge in [0.05, 0.1) is 23.3 Å². The van der Waals surface area contributed by atoms with Crippen molar-refractivity contribution in [1.29, 1.82) is 0 Å². The van der Waals surface area contributed by atoms with Crippen LogP contribution < -0.4 is 5.32 Å². The van der Waals surface area contributed by atoms with Crippen LogP contribution in [0.2, 0.25) is 0 Å². The number of benzene rings is 1. The minimum Gasteiger partial charge on any atom is -0.387 e. The molecule has 1 aromatic carbocycles. The molecule has 2 N–H and O–H groups in total. The van der Waals surface area contributed by atoms with Crippen LogP contribution in [0.5, 0.6) is 0 Å². The number of rotatable bonds is 4. The molecule has 0 radical (unpaired) electrons. The van der Waals surface area contributed by atoms with Gasteiger partial charge in [-0.15, -0.1) is 0 Å². The predicted octanol–water partition coefficient (Wildman–Crippen LogP) is 2.45. The highest BCUT2D eigenvalue weighted by Gasteiger charge is 2.09. The molecular formula is C15H12F2N4O. The van der Waals surface area contributed by atoms with Gasteiger partial charge in [-0.3, -0.25) is 9.97 Å². The molecule has 0 aliphatic heterocycles. The first-order valence-corrected chi connectivity index (χ1v) is 6.57. The molecule has 0 aliphatic carbocycles. The highest BCUT2D eigenvalue weighted by Crippen LogP contribution is 2.17. The zero-order valence-corrected chi connectivity index (χ0v) is 11.4. The Morgan fingerprint density at radius 2 is 1.77 bits per heavy atom. The molecule has 0 saturated heterocycles. The van der Waals surface area contributed by atoms with E-state index in [9.17, 15) is 13.9 Å². The second-order valence-electron chi connectivity index (χ2n) is 4.69. The number of nitrogens with one attached hydrogen (secondary N) is 1. The fourth-order valence-electron chi connectivity index (χ4n) is 2.00. The van der Waals surface area contributed by atoms with Crippen LogP contribution in [0.15, 0.2) is 42.9 Å². The van der Waals surface area contributed by atoms with Gasteiger partial charge in [0, 0.05) is 31.1 Å². The Hall–Kier alpha value is -2.67. The third kappa shape index (κ3) is 2.99. The van der Waals surface area contributed by atoms with Gasteiger partial charge < -0.3 is 10.4 Å². The first-order chi connectivity index (χ1) is 10.6. The first-order valence-electron chi connectivity index (χ1n) is 6.57. The van der Waals surface area contributed by atoms with Crippen LogP contribution in [0, 0.1) is 11.6 Å². The topological polar surface area (TPSA) is 70.9 Å². The van der Waals surface area contributed by atoms with E-state index in [1.807, 2.05) is 0 Å². The zero-order chi connectivity index (χ0) is 15.5. The predicted molar refractivity (Wildman–Crippen MR) is 77.1 cm³/mol. The van der Waals surface area contributed by atoms with E-state index >= 15 is 0 Å². The summed E-state index contributed by atoms with van der Waals surface area (Å²) in [6.07, 6.45) is 3.83. The molecule has 0 fully saturated rings. The van der Waals surface area contributed by atoms with Crippen molar-refractivity contribution in [3.63, 3.8) is 0 Å². The van der Waals surface area contributed by atoms with E-state index in [2.05, 4.69) is 20.3 Å². The number of hydrogen-bond acceptors (Lipinski definition) is 5. The largest absolute Gasteiger partial charge is 0.387 e. The molecule has 0 spiro atoms. The third-order valence-corrected chi connectivity index (χ3v) is 3.15. The van der Waals surface area contributed by atoms with Crippen molar-refractivity contribution in [3.8, 4) is 0 Å². The van der Waals surface area contributed by atoms with Crippen molar-refractivity contribution in [1.82, 2.24) is 15.0 Å². The number of anilines is 1. The number of aliphatic hydroxyl groups is 1. The van der Waals surface area contributed by atoms with Gasteiger partial charge in [0.15, 0.2) is 11.6 Å². The molecule has 0 saturated carbocycles. The first kappa shape index (κ1) is 14.3. The Balaban J connectivity index is 1.75. The number of halogens is 2. The lowest BCUT2D eigenvalue weighted by molar-refractivity contribution is 0.191. The molecule has 0 bridgehead atoms. The number of hydrogen-bond donors (Lipinski definition) is 2. The Morgan fingerprint density at radius 1 is 1.09 bits per heavy atom. The summed E-state index contributed by atoms with van der Waals surface area (Å²) < 4.78 is 26.3. The number of pyridine rings is 1. The van der Waals surface area contributed by atoms with Crippen molar-refractivity contribution in [2.75, 3.05) is 11.9 Å². The van der Waals surface area contributed by atoms with Gasteiger partial charge >= 0.3 is 0 Å². The second-order valence-corrected chi connectivity index (χ2v) is 4.69. The van der Waals surface area contributed by atoms with Crippen molar-refractivity contribution in [2.45, 2.75) is 6.10 Å². The Labute approximate surface area is 124 Å². The molecule has 112 valence electrons. The molecule has 0 aliphatic rings. The Bertz CT molecular complexity index is 798. The van der Waals surface area contributed by atoms with Gasteiger partial charge in [0.25, 0.3) is 0 Å². The normalized spacial score (nSPS) is 12.3. The molecule has 1 unspecified atom stereocenters. The van der Waals surface area contributed by atoms with Gasteiger partial charge in [0.2, 0.25) is 0 Å². The highest BCUT2D eigenvalue weighted by atomic mass is 19.2. The van der Waals surface area contributed by atoms with Crippen LogP contribution in [0.4, 0.5) is 14.6 Å². The van der Waals surface area contributed by atoms with E-state index in [1.165, 1.54) is 6.20 Å². The van der Waals surface area contributed by atoms with E-state index in [0.29, 0.717) is 11.4 Å². The van der Waals surface area contributed by atoms with E-state index in [4.69, 9.17) is 0 Å². The maximum absolute atomic E-state index is 13.2. The van der Waals surface area contributed by atoms with Crippen LogP contribution in [0.25, 0.3) is 11.0 Å². The zero-order valence-electron chi connectivity index (χ0n) is 11.4. The molecule has 2 heterocycles. The standard InChI is InChI=1S/C15H12F2N4O/c16-10-5-12-13(6-11(10)17)21-15(8-19-12)20-7-14(22)9-1-3-18-4-2-9/h1-6,8,14,22H,7H2,(H,20,21). The quantitative estimate of drug-likeness (QED) is 0.774.